The summed E-state index contributed by atoms with van der Waals surface area (Å²) in [6, 6.07) is 0.810. The lowest BCUT2D eigenvalue weighted by Gasteiger charge is -2.48. The van der Waals surface area contributed by atoms with Crippen molar-refractivity contribution in [2.45, 2.75) is 25.2 Å². The number of nitrogens with zero attached hydrogens (tertiary/aromatic N) is 3. The van der Waals surface area contributed by atoms with Gasteiger partial charge in [-0.15, -0.1) is 0 Å². The van der Waals surface area contributed by atoms with Gasteiger partial charge in [-0.2, -0.15) is 18.3 Å². The molecule has 1 fully saturated rings. The summed E-state index contributed by atoms with van der Waals surface area (Å²) in [6.45, 7) is 0.491. The Kier molecular flexibility index (Phi) is 4.74. The highest BCUT2D eigenvalue weighted by atomic mass is 19.4. The van der Waals surface area contributed by atoms with Crippen LogP contribution in [0, 0.1) is 6.92 Å². The first-order chi connectivity index (χ1) is 11.1. The van der Waals surface area contributed by atoms with Gasteiger partial charge >= 0.3 is 12.2 Å². The molecule has 11 heteroatoms. The van der Waals surface area contributed by atoms with Crippen molar-refractivity contribution in [3.8, 4) is 0 Å². The summed E-state index contributed by atoms with van der Waals surface area (Å²) >= 11 is 0. The molecule has 0 spiro atoms. The molecule has 2 heterocycles. The van der Waals surface area contributed by atoms with Crippen molar-refractivity contribution in [1.29, 1.82) is 0 Å². The number of halogens is 3. The standard InChI is InChI=1S/C13H18F3N5O3/c1-8-4-9(19-21(8)5-10(22)17-2)18-11(23)20-6-12(7-20,24-3)13(14,15)16/h4H,5-7H2,1-3H3,(H,17,22)(H,18,19,23). The number of methoxy groups -OCH3 is 1. The lowest BCUT2D eigenvalue weighted by Crippen LogP contribution is -2.71. The molecule has 3 amide bonds. The second-order valence-electron chi connectivity index (χ2n) is 5.48. The van der Waals surface area contributed by atoms with Gasteiger partial charge in [0.2, 0.25) is 5.91 Å². The van der Waals surface area contributed by atoms with Crippen molar-refractivity contribution in [2.24, 2.45) is 0 Å². The lowest BCUT2D eigenvalue weighted by atomic mass is 9.93. The first kappa shape index (κ1) is 18.0. The van der Waals surface area contributed by atoms with E-state index in [4.69, 9.17) is 0 Å². The summed E-state index contributed by atoms with van der Waals surface area (Å²) in [6.07, 6.45) is -4.55. The van der Waals surface area contributed by atoms with E-state index < -0.39 is 30.9 Å². The molecule has 24 heavy (non-hydrogen) atoms. The number of rotatable bonds is 4. The smallest absolute Gasteiger partial charge is 0.365 e. The molecular formula is C13H18F3N5O3. The predicted molar refractivity (Wildman–Crippen MR) is 77.4 cm³/mol. The van der Waals surface area contributed by atoms with Crippen LogP contribution in [0.15, 0.2) is 6.07 Å². The molecule has 134 valence electrons. The fraction of sp³-hybridized carbons (Fsp3) is 0.615. The number of ether oxygens (including phenoxy) is 1. The topological polar surface area (TPSA) is 88.5 Å². The van der Waals surface area contributed by atoms with Crippen molar-refractivity contribution >= 4 is 17.8 Å². The molecule has 1 aromatic rings. The molecule has 1 aromatic heterocycles. The number of alkyl halides is 3. The number of nitrogens with one attached hydrogen (secondary N) is 2. The zero-order chi connectivity index (χ0) is 18.1. The van der Waals surface area contributed by atoms with Crippen molar-refractivity contribution in [1.82, 2.24) is 20.0 Å². The molecule has 1 aliphatic rings. The largest absolute Gasteiger partial charge is 0.420 e. The molecule has 0 aliphatic carbocycles. The zero-order valence-corrected chi connectivity index (χ0v) is 13.4. The van der Waals surface area contributed by atoms with Crippen LogP contribution in [0.5, 0.6) is 0 Å². The van der Waals surface area contributed by atoms with Crippen molar-refractivity contribution in [3.05, 3.63) is 11.8 Å². The van der Waals surface area contributed by atoms with Gasteiger partial charge in [0, 0.05) is 25.9 Å². The van der Waals surface area contributed by atoms with Gasteiger partial charge in [0.05, 0.1) is 13.1 Å². The number of likely N-dealkylation sites (N-methyl/N-ethyl adjacent to an activating group) is 1. The third kappa shape index (κ3) is 3.30. The number of aryl methyl sites for hydroxylation is 1. The van der Waals surface area contributed by atoms with Crippen LogP contribution in [0.1, 0.15) is 5.69 Å². The number of urea groups is 1. The van der Waals surface area contributed by atoms with Crippen LogP contribution in [0.4, 0.5) is 23.8 Å². The normalized spacial score (nSPS) is 16.5. The fourth-order valence-electron chi connectivity index (χ4n) is 2.27. The van der Waals surface area contributed by atoms with Gasteiger partial charge < -0.3 is 15.0 Å². The predicted octanol–water partition coefficient (Wildman–Crippen LogP) is 0.733. The van der Waals surface area contributed by atoms with Crippen molar-refractivity contribution in [2.75, 3.05) is 32.6 Å². The first-order valence-corrected chi connectivity index (χ1v) is 7.05. The molecule has 2 rings (SSSR count). The van der Waals surface area contributed by atoms with E-state index in [1.54, 1.807) is 6.92 Å². The molecular weight excluding hydrogens is 331 g/mol. The number of hydrogen-bond donors (Lipinski definition) is 2. The van der Waals surface area contributed by atoms with E-state index in [1.165, 1.54) is 17.8 Å². The first-order valence-electron chi connectivity index (χ1n) is 7.05. The summed E-state index contributed by atoms with van der Waals surface area (Å²) in [5.41, 5.74) is -1.70. The van der Waals surface area contributed by atoms with E-state index in [0.717, 1.165) is 12.0 Å². The number of anilines is 1. The third-order valence-corrected chi connectivity index (χ3v) is 3.88. The van der Waals surface area contributed by atoms with Gasteiger partial charge in [0.25, 0.3) is 0 Å². The maximum absolute atomic E-state index is 12.9. The van der Waals surface area contributed by atoms with Crippen LogP contribution < -0.4 is 10.6 Å². The maximum atomic E-state index is 12.9. The maximum Gasteiger partial charge on any atom is 0.420 e. The Morgan fingerprint density at radius 3 is 2.54 bits per heavy atom. The minimum absolute atomic E-state index is 0.0250. The van der Waals surface area contributed by atoms with Crippen LogP contribution >= 0.6 is 0 Å². The molecule has 0 aromatic carbocycles. The Morgan fingerprint density at radius 2 is 2.04 bits per heavy atom. The number of amides is 3. The van der Waals surface area contributed by atoms with Crippen LogP contribution in [-0.2, 0) is 16.1 Å². The van der Waals surface area contributed by atoms with E-state index in [2.05, 4.69) is 20.5 Å². The van der Waals surface area contributed by atoms with Gasteiger partial charge in [-0.25, -0.2) is 4.79 Å². The number of likely N-dealkylation sites (tertiary alicyclic amines) is 1. The van der Waals surface area contributed by atoms with Crippen LogP contribution in [0.25, 0.3) is 0 Å². The zero-order valence-electron chi connectivity index (χ0n) is 13.4. The monoisotopic (exact) mass is 349 g/mol. The number of hydrogen-bond acceptors (Lipinski definition) is 4. The van der Waals surface area contributed by atoms with Gasteiger partial charge in [-0.05, 0) is 6.92 Å². The summed E-state index contributed by atoms with van der Waals surface area (Å²) in [5.74, 6) is -0.111. The Labute approximate surface area is 135 Å². The molecule has 1 aliphatic heterocycles. The fourth-order valence-corrected chi connectivity index (χ4v) is 2.27. The van der Waals surface area contributed by atoms with Crippen molar-refractivity contribution in [3.63, 3.8) is 0 Å². The number of carbonyl (C=O) groups is 2. The SMILES string of the molecule is CNC(=O)Cn1nc(NC(=O)N2CC(OC)(C(F)(F)F)C2)cc1C. The quantitative estimate of drug-likeness (QED) is 0.839. The number of aromatic nitrogens is 2. The lowest BCUT2D eigenvalue weighted by molar-refractivity contribution is -0.303. The molecule has 0 saturated carbocycles. The summed E-state index contributed by atoms with van der Waals surface area (Å²) < 4.78 is 44.6. The average molecular weight is 349 g/mol. The van der Waals surface area contributed by atoms with Gasteiger partial charge in [-0.1, -0.05) is 0 Å². The van der Waals surface area contributed by atoms with Crippen LogP contribution in [-0.4, -0.2) is 65.6 Å². The molecule has 8 nitrogen and oxygen atoms in total. The van der Waals surface area contributed by atoms with E-state index >= 15 is 0 Å². The van der Waals surface area contributed by atoms with Crippen LogP contribution in [0.2, 0.25) is 0 Å². The Bertz CT molecular complexity index is 637. The Hall–Kier alpha value is -2.30. The van der Waals surface area contributed by atoms with Crippen molar-refractivity contribution < 1.29 is 27.5 Å². The second kappa shape index (κ2) is 6.30. The second-order valence-corrected chi connectivity index (χ2v) is 5.48. The van der Waals surface area contributed by atoms with Crippen LogP contribution in [0.3, 0.4) is 0 Å². The molecule has 0 radical (unpaired) electrons. The van der Waals surface area contributed by atoms with E-state index in [0.29, 0.717) is 5.69 Å². The van der Waals surface area contributed by atoms with E-state index in [9.17, 15) is 22.8 Å². The minimum Gasteiger partial charge on any atom is -0.365 e. The summed E-state index contributed by atoms with van der Waals surface area (Å²) in [4.78, 5) is 24.3. The van der Waals surface area contributed by atoms with Gasteiger partial charge in [-0.3, -0.25) is 14.8 Å². The summed E-state index contributed by atoms with van der Waals surface area (Å²) in [7, 11) is 2.45. The van der Waals surface area contributed by atoms with Gasteiger partial charge in [0.1, 0.15) is 6.54 Å². The Morgan fingerprint density at radius 1 is 1.42 bits per heavy atom. The van der Waals surface area contributed by atoms with E-state index in [-0.39, 0.29) is 18.3 Å². The molecule has 0 unspecified atom stereocenters. The molecule has 0 atom stereocenters. The average Bonchev–Trinajstić information content (AvgIpc) is 2.76. The minimum atomic E-state index is -4.55. The van der Waals surface area contributed by atoms with E-state index in [1.807, 2.05) is 0 Å². The highest BCUT2D eigenvalue weighted by Crippen LogP contribution is 2.40. The molecule has 1 saturated heterocycles. The Balaban J connectivity index is 1.97. The molecule has 0 bridgehead atoms. The summed E-state index contributed by atoms with van der Waals surface area (Å²) in [5, 5.41) is 8.88. The number of carbonyl (C=O) groups excluding carboxylic acids is 2. The third-order valence-electron chi connectivity index (χ3n) is 3.88. The highest BCUT2D eigenvalue weighted by Gasteiger charge is 2.63. The highest BCUT2D eigenvalue weighted by molar-refractivity contribution is 5.89. The molecule has 2 N–H and O–H groups in total. The van der Waals surface area contributed by atoms with Gasteiger partial charge in [0.15, 0.2) is 11.4 Å².